The van der Waals surface area contributed by atoms with Crippen LogP contribution >= 0.6 is 12.2 Å². The molecule has 19 heavy (non-hydrogen) atoms. The van der Waals surface area contributed by atoms with Gasteiger partial charge < -0.3 is 20.1 Å². The maximum Gasteiger partial charge on any atom is 0.119 e. The highest BCUT2D eigenvalue weighted by atomic mass is 32.1. The zero-order valence-electron chi connectivity index (χ0n) is 11.8. The summed E-state index contributed by atoms with van der Waals surface area (Å²) in [6, 6.07) is 7.56. The second-order valence-electron chi connectivity index (χ2n) is 4.59. The first kappa shape index (κ1) is 15.7. The van der Waals surface area contributed by atoms with Crippen molar-refractivity contribution < 1.29 is 9.47 Å². The molecule has 0 aliphatic heterocycles. The molecule has 0 aromatic heterocycles. The molecule has 2 N–H and O–H groups in total. The van der Waals surface area contributed by atoms with Gasteiger partial charge in [-0.3, -0.25) is 0 Å². The van der Waals surface area contributed by atoms with Gasteiger partial charge in [-0.25, -0.2) is 0 Å². The van der Waals surface area contributed by atoms with Gasteiger partial charge in [0.1, 0.15) is 18.1 Å². The molecule has 0 aliphatic carbocycles. The third-order valence-electron chi connectivity index (χ3n) is 2.87. The van der Waals surface area contributed by atoms with Crippen molar-refractivity contribution in [2.45, 2.75) is 6.92 Å². The predicted molar refractivity (Wildman–Crippen MR) is 81.9 cm³/mol. The monoisotopic (exact) mass is 282 g/mol. The van der Waals surface area contributed by atoms with Crippen LogP contribution in [0.4, 0.5) is 0 Å². The Morgan fingerprint density at radius 3 is 2.42 bits per heavy atom. The van der Waals surface area contributed by atoms with Crippen LogP contribution < -0.4 is 15.2 Å². The summed E-state index contributed by atoms with van der Waals surface area (Å²) in [7, 11) is 3.68. The molecule has 1 aromatic rings. The Hall–Kier alpha value is -1.33. The van der Waals surface area contributed by atoms with Crippen molar-refractivity contribution in [2.24, 2.45) is 11.7 Å². The van der Waals surface area contributed by atoms with Gasteiger partial charge in [0.25, 0.3) is 0 Å². The number of hydrogen-bond acceptors (Lipinski definition) is 4. The van der Waals surface area contributed by atoms with E-state index in [4.69, 9.17) is 27.4 Å². The average Bonchev–Trinajstić information content (AvgIpc) is 2.39. The number of likely N-dealkylation sites (N-methyl/N-ethyl adjacent to an activating group) is 1. The molecule has 0 radical (unpaired) electrons. The van der Waals surface area contributed by atoms with Crippen molar-refractivity contribution in [1.29, 1.82) is 0 Å². The van der Waals surface area contributed by atoms with E-state index in [2.05, 4.69) is 4.90 Å². The second-order valence-corrected chi connectivity index (χ2v) is 5.06. The van der Waals surface area contributed by atoms with Crippen LogP contribution in [-0.4, -0.2) is 43.7 Å². The minimum absolute atomic E-state index is 0.223. The normalized spacial score (nSPS) is 12.2. The summed E-state index contributed by atoms with van der Waals surface area (Å²) in [4.78, 5) is 2.72. The van der Waals surface area contributed by atoms with Gasteiger partial charge in [0.2, 0.25) is 0 Å². The molecule has 0 fully saturated rings. The van der Waals surface area contributed by atoms with E-state index in [0.29, 0.717) is 11.6 Å². The molecule has 0 saturated carbocycles. The summed E-state index contributed by atoms with van der Waals surface area (Å²) in [6.07, 6.45) is 0. The van der Waals surface area contributed by atoms with Crippen LogP contribution in [0.25, 0.3) is 0 Å². The van der Waals surface area contributed by atoms with Crippen molar-refractivity contribution in [3.8, 4) is 11.5 Å². The van der Waals surface area contributed by atoms with Crippen molar-refractivity contribution in [2.75, 3.05) is 33.9 Å². The van der Waals surface area contributed by atoms with Gasteiger partial charge in [-0.05, 0) is 31.3 Å². The maximum atomic E-state index is 5.66. The third kappa shape index (κ3) is 5.89. The van der Waals surface area contributed by atoms with Crippen LogP contribution in [0, 0.1) is 5.92 Å². The van der Waals surface area contributed by atoms with E-state index in [0.717, 1.165) is 24.6 Å². The Morgan fingerprint density at radius 2 is 1.89 bits per heavy atom. The maximum absolute atomic E-state index is 5.66. The van der Waals surface area contributed by atoms with Crippen LogP contribution in [0.1, 0.15) is 6.92 Å². The molecule has 4 nitrogen and oxygen atoms in total. The number of benzene rings is 1. The van der Waals surface area contributed by atoms with E-state index < -0.39 is 0 Å². The standard InChI is InChI=1S/C14H22N2O2S/c1-11(14(15)19)10-16(2)8-9-18-13-6-4-12(17-3)5-7-13/h4-7,11H,8-10H2,1-3H3,(H2,15,19). The van der Waals surface area contributed by atoms with Crippen LogP contribution in [0.5, 0.6) is 11.5 Å². The summed E-state index contributed by atoms with van der Waals surface area (Å²) >= 11 is 4.96. The second kappa shape index (κ2) is 7.96. The highest BCUT2D eigenvalue weighted by Crippen LogP contribution is 2.16. The number of rotatable bonds is 8. The molecule has 0 saturated heterocycles. The molecule has 1 unspecified atom stereocenters. The van der Waals surface area contributed by atoms with E-state index in [1.807, 2.05) is 38.2 Å². The number of nitrogens with zero attached hydrogens (tertiary/aromatic N) is 1. The fourth-order valence-corrected chi connectivity index (χ4v) is 1.71. The molecule has 0 aliphatic rings. The number of hydrogen-bond donors (Lipinski definition) is 1. The molecular weight excluding hydrogens is 260 g/mol. The van der Waals surface area contributed by atoms with Gasteiger partial charge in [-0.2, -0.15) is 0 Å². The Labute approximate surface area is 120 Å². The number of ether oxygens (including phenoxy) is 2. The molecular formula is C14H22N2O2S. The largest absolute Gasteiger partial charge is 0.497 e. The Kier molecular flexibility index (Phi) is 6.59. The lowest BCUT2D eigenvalue weighted by atomic mass is 10.2. The predicted octanol–water partition coefficient (Wildman–Crippen LogP) is 1.93. The fourth-order valence-electron chi connectivity index (χ4n) is 1.64. The summed E-state index contributed by atoms with van der Waals surface area (Å²) in [5.41, 5.74) is 5.59. The van der Waals surface area contributed by atoms with Gasteiger partial charge >= 0.3 is 0 Å². The van der Waals surface area contributed by atoms with Crippen LogP contribution in [-0.2, 0) is 0 Å². The lowest BCUT2D eigenvalue weighted by molar-refractivity contribution is 0.230. The topological polar surface area (TPSA) is 47.7 Å². The fraction of sp³-hybridized carbons (Fsp3) is 0.500. The van der Waals surface area contributed by atoms with E-state index in [9.17, 15) is 0 Å². The van der Waals surface area contributed by atoms with Gasteiger partial charge in [0, 0.05) is 19.0 Å². The molecule has 0 bridgehead atoms. The van der Waals surface area contributed by atoms with E-state index in [1.54, 1.807) is 7.11 Å². The number of methoxy groups -OCH3 is 1. The zero-order chi connectivity index (χ0) is 14.3. The SMILES string of the molecule is COc1ccc(OCCN(C)CC(C)C(N)=S)cc1. The minimum Gasteiger partial charge on any atom is -0.497 e. The summed E-state index contributed by atoms with van der Waals surface area (Å²) in [5.74, 6) is 1.90. The van der Waals surface area contributed by atoms with Gasteiger partial charge in [-0.15, -0.1) is 0 Å². The van der Waals surface area contributed by atoms with Gasteiger partial charge in [-0.1, -0.05) is 19.1 Å². The van der Waals surface area contributed by atoms with Gasteiger partial charge in [0.05, 0.1) is 12.1 Å². The highest BCUT2D eigenvalue weighted by Gasteiger charge is 2.08. The van der Waals surface area contributed by atoms with Crippen molar-refractivity contribution >= 4 is 17.2 Å². The molecule has 1 aromatic carbocycles. The molecule has 0 heterocycles. The highest BCUT2D eigenvalue weighted by molar-refractivity contribution is 7.80. The number of thiocarbonyl (C=S) groups is 1. The van der Waals surface area contributed by atoms with E-state index in [1.165, 1.54) is 0 Å². The molecule has 1 atom stereocenters. The zero-order valence-corrected chi connectivity index (χ0v) is 12.6. The third-order valence-corrected chi connectivity index (χ3v) is 3.27. The van der Waals surface area contributed by atoms with E-state index >= 15 is 0 Å². The first-order valence-corrected chi connectivity index (χ1v) is 6.68. The summed E-state index contributed by atoms with van der Waals surface area (Å²) < 4.78 is 10.7. The molecule has 106 valence electrons. The number of nitrogens with two attached hydrogens (primary N) is 1. The van der Waals surface area contributed by atoms with Crippen molar-refractivity contribution in [1.82, 2.24) is 4.90 Å². The molecule has 0 amide bonds. The first-order chi connectivity index (χ1) is 9.02. The summed E-state index contributed by atoms with van der Waals surface area (Å²) in [6.45, 7) is 4.34. The lowest BCUT2D eigenvalue weighted by Gasteiger charge is -2.20. The summed E-state index contributed by atoms with van der Waals surface area (Å²) in [5, 5.41) is 0. The van der Waals surface area contributed by atoms with Crippen molar-refractivity contribution in [3.05, 3.63) is 24.3 Å². The van der Waals surface area contributed by atoms with Crippen molar-refractivity contribution in [3.63, 3.8) is 0 Å². The van der Waals surface area contributed by atoms with E-state index in [-0.39, 0.29) is 5.92 Å². The quantitative estimate of drug-likeness (QED) is 0.738. The lowest BCUT2D eigenvalue weighted by Crippen LogP contribution is -2.33. The van der Waals surface area contributed by atoms with Crippen LogP contribution in [0.2, 0.25) is 0 Å². The molecule has 0 spiro atoms. The smallest absolute Gasteiger partial charge is 0.119 e. The first-order valence-electron chi connectivity index (χ1n) is 6.27. The van der Waals surface area contributed by atoms with Crippen LogP contribution in [0.3, 0.4) is 0 Å². The Morgan fingerprint density at radius 1 is 1.32 bits per heavy atom. The van der Waals surface area contributed by atoms with Crippen LogP contribution in [0.15, 0.2) is 24.3 Å². The van der Waals surface area contributed by atoms with Gasteiger partial charge in [0.15, 0.2) is 0 Å². The average molecular weight is 282 g/mol. The minimum atomic E-state index is 0.223. The Balaban J connectivity index is 2.27. The Bertz CT molecular complexity index is 395. The molecule has 5 heteroatoms. The molecule has 1 rings (SSSR count).